The molecule has 31 heavy (non-hydrogen) atoms. The van der Waals surface area contributed by atoms with Gasteiger partial charge in [0.25, 0.3) is 0 Å². The molecule has 2 saturated heterocycles. The molecule has 2 heterocycles. The van der Waals surface area contributed by atoms with Crippen molar-refractivity contribution >= 4 is 17.5 Å². The zero-order valence-electron chi connectivity index (χ0n) is 18.5. The number of hydrogen-bond donors (Lipinski definition) is 0. The van der Waals surface area contributed by atoms with Gasteiger partial charge in [-0.25, -0.2) is 0 Å². The van der Waals surface area contributed by atoms with Gasteiger partial charge in [-0.05, 0) is 43.2 Å². The summed E-state index contributed by atoms with van der Waals surface area (Å²) in [5.41, 5.74) is 3.09. The molecule has 2 aliphatic heterocycles. The van der Waals surface area contributed by atoms with Gasteiger partial charge >= 0.3 is 0 Å². The van der Waals surface area contributed by atoms with Crippen LogP contribution in [0.15, 0.2) is 42.5 Å². The molecule has 1 atom stereocenters. The molecular weight excluding hydrogens is 392 g/mol. The maximum absolute atomic E-state index is 13.1. The molecule has 6 nitrogen and oxygen atoms in total. The third-order valence-corrected chi connectivity index (χ3v) is 6.23. The maximum atomic E-state index is 13.1. The first-order valence-corrected chi connectivity index (χ1v) is 10.9. The van der Waals surface area contributed by atoms with E-state index in [1.807, 2.05) is 29.2 Å². The third-order valence-electron chi connectivity index (χ3n) is 6.23. The first-order chi connectivity index (χ1) is 14.9. The van der Waals surface area contributed by atoms with Crippen LogP contribution in [0.25, 0.3) is 0 Å². The molecule has 0 aliphatic carbocycles. The van der Waals surface area contributed by atoms with Crippen molar-refractivity contribution in [1.82, 2.24) is 4.90 Å². The molecule has 164 valence electrons. The van der Waals surface area contributed by atoms with E-state index in [0.29, 0.717) is 25.4 Å². The predicted octanol–water partition coefficient (Wildman–Crippen LogP) is 3.73. The van der Waals surface area contributed by atoms with Gasteiger partial charge in [-0.2, -0.15) is 0 Å². The number of methoxy groups -OCH3 is 1. The summed E-state index contributed by atoms with van der Waals surface area (Å²) in [5.74, 6) is 1.39. The van der Waals surface area contributed by atoms with Crippen LogP contribution in [-0.2, 0) is 9.59 Å². The molecule has 0 aromatic heterocycles. The highest BCUT2D eigenvalue weighted by Gasteiger charge is 2.38. The molecule has 2 fully saturated rings. The number of amides is 2. The van der Waals surface area contributed by atoms with E-state index in [1.54, 1.807) is 12.0 Å². The highest BCUT2D eigenvalue weighted by molar-refractivity contribution is 6.00. The van der Waals surface area contributed by atoms with Gasteiger partial charge in [0.05, 0.1) is 13.0 Å². The van der Waals surface area contributed by atoms with Gasteiger partial charge in [0, 0.05) is 50.7 Å². The van der Waals surface area contributed by atoms with Crippen LogP contribution in [0.2, 0.25) is 0 Å². The summed E-state index contributed by atoms with van der Waals surface area (Å²) in [5, 5.41) is 0. The van der Waals surface area contributed by atoms with Crippen LogP contribution in [-0.4, -0.2) is 49.6 Å². The molecule has 2 amide bonds. The van der Waals surface area contributed by atoms with Crippen molar-refractivity contribution in [3.05, 3.63) is 53.6 Å². The SMILES string of the molecule is COc1cccc(N2CC(C(=O)N3CCC(Oc4cc(C)ccc4C)CC3)CC2=O)c1. The number of ether oxygens (including phenoxy) is 2. The number of rotatable bonds is 5. The number of piperidine rings is 1. The fourth-order valence-corrected chi connectivity index (χ4v) is 4.37. The number of nitrogens with zero attached hydrogens (tertiary/aromatic N) is 2. The molecule has 0 bridgehead atoms. The van der Waals surface area contributed by atoms with E-state index < -0.39 is 0 Å². The lowest BCUT2D eigenvalue weighted by Gasteiger charge is -2.34. The number of benzene rings is 2. The number of anilines is 1. The zero-order chi connectivity index (χ0) is 22.0. The highest BCUT2D eigenvalue weighted by atomic mass is 16.5. The first kappa shape index (κ1) is 21.2. The molecule has 0 N–H and O–H groups in total. The molecule has 2 aliphatic rings. The number of aryl methyl sites for hydroxylation is 2. The van der Waals surface area contributed by atoms with E-state index in [1.165, 1.54) is 5.56 Å². The Labute approximate surface area is 183 Å². The summed E-state index contributed by atoms with van der Waals surface area (Å²) in [6.07, 6.45) is 1.98. The molecule has 1 unspecified atom stereocenters. The largest absolute Gasteiger partial charge is 0.497 e. The van der Waals surface area contributed by atoms with E-state index in [9.17, 15) is 9.59 Å². The lowest BCUT2D eigenvalue weighted by molar-refractivity contribution is -0.137. The topological polar surface area (TPSA) is 59.1 Å². The Morgan fingerprint density at radius 2 is 1.84 bits per heavy atom. The lowest BCUT2D eigenvalue weighted by Crippen LogP contribution is -2.45. The molecule has 0 spiro atoms. The quantitative estimate of drug-likeness (QED) is 0.737. The summed E-state index contributed by atoms with van der Waals surface area (Å²) < 4.78 is 11.5. The van der Waals surface area contributed by atoms with Gasteiger partial charge in [0.15, 0.2) is 0 Å². The normalized spacial score (nSPS) is 19.6. The van der Waals surface area contributed by atoms with Gasteiger partial charge in [0.2, 0.25) is 11.8 Å². The van der Waals surface area contributed by atoms with Gasteiger partial charge in [0.1, 0.15) is 17.6 Å². The molecule has 0 saturated carbocycles. The second kappa shape index (κ2) is 9.00. The van der Waals surface area contributed by atoms with Crippen molar-refractivity contribution in [3.63, 3.8) is 0 Å². The summed E-state index contributed by atoms with van der Waals surface area (Å²) in [7, 11) is 1.60. The van der Waals surface area contributed by atoms with Crippen LogP contribution in [0, 0.1) is 19.8 Å². The van der Waals surface area contributed by atoms with Crippen LogP contribution in [0.4, 0.5) is 5.69 Å². The zero-order valence-corrected chi connectivity index (χ0v) is 18.5. The molecule has 0 radical (unpaired) electrons. The Balaban J connectivity index is 1.33. The van der Waals surface area contributed by atoms with E-state index in [4.69, 9.17) is 9.47 Å². The number of carbonyl (C=O) groups is 2. The Kier molecular flexibility index (Phi) is 6.16. The minimum absolute atomic E-state index is 0.0141. The molecule has 4 rings (SSSR count). The van der Waals surface area contributed by atoms with Crippen molar-refractivity contribution in [2.45, 2.75) is 39.2 Å². The van der Waals surface area contributed by atoms with Crippen molar-refractivity contribution in [3.8, 4) is 11.5 Å². The van der Waals surface area contributed by atoms with Crippen molar-refractivity contribution in [1.29, 1.82) is 0 Å². The van der Waals surface area contributed by atoms with Crippen LogP contribution < -0.4 is 14.4 Å². The fourth-order valence-electron chi connectivity index (χ4n) is 4.37. The third kappa shape index (κ3) is 4.68. The maximum Gasteiger partial charge on any atom is 0.228 e. The predicted molar refractivity (Wildman–Crippen MR) is 120 cm³/mol. The minimum atomic E-state index is -0.296. The Bertz CT molecular complexity index is 966. The summed E-state index contributed by atoms with van der Waals surface area (Å²) in [6, 6.07) is 13.7. The Hall–Kier alpha value is -3.02. The van der Waals surface area contributed by atoms with Crippen LogP contribution >= 0.6 is 0 Å². The van der Waals surface area contributed by atoms with Gasteiger partial charge in [-0.1, -0.05) is 18.2 Å². The van der Waals surface area contributed by atoms with Crippen molar-refractivity contribution < 1.29 is 19.1 Å². The number of likely N-dealkylation sites (tertiary alicyclic amines) is 1. The first-order valence-electron chi connectivity index (χ1n) is 10.9. The van der Waals surface area contributed by atoms with E-state index in [2.05, 4.69) is 32.0 Å². The highest BCUT2D eigenvalue weighted by Crippen LogP contribution is 2.30. The number of carbonyl (C=O) groups excluding carboxylic acids is 2. The number of hydrogen-bond acceptors (Lipinski definition) is 4. The van der Waals surface area contributed by atoms with Gasteiger partial charge in [-0.3, -0.25) is 9.59 Å². The Morgan fingerprint density at radius 1 is 1.06 bits per heavy atom. The molecule has 2 aromatic rings. The Morgan fingerprint density at radius 3 is 2.58 bits per heavy atom. The summed E-state index contributed by atoms with van der Waals surface area (Å²) in [6.45, 7) is 5.87. The van der Waals surface area contributed by atoms with E-state index in [-0.39, 0.29) is 30.3 Å². The summed E-state index contributed by atoms with van der Waals surface area (Å²) >= 11 is 0. The average Bonchev–Trinajstić information content (AvgIpc) is 3.18. The van der Waals surface area contributed by atoms with E-state index in [0.717, 1.165) is 29.8 Å². The van der Waals surface area contributed by atoms with Crippen LogP contribution in [0.5, 0.6) is 11.5 Å². The second-order valence-electron chi connectivity index (χ2n) is 8.52. The average molecular weight is 423 g/mol. The summed E-state index contributed by atoms with van der Waals surface area (Å²) in [4.78, 5) is 29.3. The molecular formula is C25H30N2O4. The van der Waals surface area contributed by atoms with Gasteiger partial charge in [-0.15, -0.1) is 0 Å². The van der Waals surface area contributed by atoms with Crippen LogP contribution in [0.3, 0.4) is 0 Å². The standard InChI is InChI=1S/C25H30N2O4/c1-17-7-8-18(2)23(13-17)31-21-9-11-26(12-10-21)25(29)19-14-24(28)27(16-19)20-5-4-6-22(15-20)30-3/h4-8,13,15,19,21H,9-12,14,16H2,1-3H3. The smallest absolute Gasteiger partial charge is 0.228 e. The van der Waals surface area contributed by atoms with Crippen LogP contribution in [0.1, 0.15) is 30.4 Å². The molecule has 6 heteroatoms. The van der Waals surface area contributed by atoms with Crippen molar-refractivity contribution in [2.75, 3.05) is 31.6 Å². The van der Waals surface area contributed by atoms with Crippen molar-refractivity contribution in [2.24, 2.45) is 5.92 Å². The fraction of sp³-hybridized carbons (Fsp3) is 0.440. The molecule has 2 aromatic carbocycles. The van der Waals surface area contributed by atoms with E-state index >= 15 is 0 Å². The second-order valence-corrected chi connectivity index (χ2v) is 8.52. The van der Waals surface area contributed by atoms with Gasteiger partial charge < -0.3 is 19.3 Å². The monoisotopic (exact) mass is 422 g/mol. The lowest BCUT2D eigenvalue weighted by atomic mass is 10.0. The minimum Gasteiger partial charge on any atom is -0.497 e.